The van der Waals surface area contributed by atoms with Crippen LogP contribution in [0.25, 0.3) is 0 Å². The molecule has 0 saturated carbocycles. The molecule has 1 saturated heterocycles. The molecule has 0 unspecified atom stereocenters. The topological polar surface area (TPSA) is 133 Å². The van der Waals surface area contributed by atoms with Crippen LogP contribution in [0.15, 0.2) is 29.1 Å². The predicted molar refractivity (Wildman–Crippen MR) is 132 cm³/mol. The second kappa shape index (κ2) is 10.3. The third kappa shape index (κ3) is 5.36. The third-order valence-electron chi connectivity index (χ3n) is 6.51. The van der Waals surface area contributed by atoms with Crippen LogP contribution in [0, 0.1) is 5.92 Å². The maximum absolute atomic E-state index is 13.1. The van der Waals surface area contributed by atoms with E-state index in [0.29, 0.717) is 50.1 Å². The van der Waals surface area contributed by atoms with Crippen LogP contribution in [0.4, 0.5) is 17.5 Å². The van der Waals surface area contributed by atoms with Gasteiger partial charge in [-0.1, -0.05) is 26.0 Å². The van der Waals surface area contributed by atoms with Crippen molar-refractivity contribution in [3.63, 3.8) is 0 Å². The molecule has 1 atom stereocenters. The van der Waals surface area contributed by atoms with Gasteiger partial charge < -0.3 is 20.3 Å². The molecule has 2 aliphatic rings. The first-order valence-electron chi connectivity index (χ1n) is 12.0. The zero-order valence-electron chi connectivity index (χ0n) is 20.2. The number of aromatic nitrogens is 2. The number of carbonyl (C=O) groups excluding carboxylic acids is 3. The lowest BCUT2D eigenvalue weighted by molar-refractivity contribution is -0.148. The number of hydrogen-bond donors (Lipinski definition) is 3. The molecule has 2 aliphatic heterocycles. The van der Waals surface area contributed by atoms with Crippen molar-refractivity contribution in [1.29, 1.82) is 0 Å². The predicted octanol–water partition coefficient (Wildman–Crippen LogP) is 2.74. The number of nitrogens with one attached hydrogen (secondary N) is 3. The Morgan fingerprint density at radius 3 is 2.49 bits per heavy atom. The molecule has 3 N–H and O–H groups in total. The monoisotopic (exact) mass is 481 g/mol. The zero-order chi connectivity index (χ0) is 25.1. The molecule has 0 spiro atoms. The fourth-order valence-corrected chi connectivity index (χ4v) is 4.50. The molecule has 4 rings (SSSR count). The summed E-state index contributed by atoms with van der Waals surface area (Å²) in [5.74, 6) is -1.39. The number of ether oxygens (including phenoxy) is 1. The molecule has 2 aromatic rings. The second-order valence-electron chi connectivity index (χ2n) is 9.24. The van der Waals surface area contributed by atoms with Crippen molar-refractivity contribution in [2.24, 2.45) is 5.92 Å². The highest BCUT2D eigenvalue weighted by Crippen LogP contribution is 2.31. The molecule has 1 aromatic carbocycles. The van der Waals surface area contributed by atoms with E-state index in [4.69, 9.17) is 4.74 Å². The molecule has 2 amide bonds. The molecule has 1 fully saturated rings. The van der Waals surface area contributed by atoms with E-state index in [0.717, 1.165) is 5.56 Å². The Kier molecular flexibility index (Phi) is 7.18. The van der Waals surface area contributed by atoms with Crippen LogP contribution in [0.1, 0.15) is 63.0 Å². The van der Waals surface area contributed by atoms with Gasteiger partial charge >= 0.3 is 5.97 Å². The van der Waals surface area contributed by atoms with Gasteiger partial charge in [0.05, 0.1) is 24.0 Å². The van der Waals surface area contributed by atoms with Crippen LogP contribution in [-0.2, 0) is 19.1 Å². The van der Waals surface area contributed by atoms with E-state index < -0.39 is 17.4 Å². The van der Waals surface area contributed by atoms with Gasteiger partial charge in [-0.15, -0.1) is 0 Å². The van der Waals surface area contributed by atoms with Crippen molar-refractivity contribution < 1.29 is 19.1 Å². The van der Waals surface area contributed by atoms with E-state index in [1.54, 1.807) is 6.92 Å². The smallest absolute Gasteiger partial charge is 0.309 e. The number of piperidine rings is 1. The first-order valence-corrected chi connectivity index (χ1v) is 12.0. The lowest BCUT2D eigenvalue weighted by Gasteiger charge is -2.32. The minimum Gasteiger partial charge on any atom is -0.466 e. The van der Waals surface area contributed by atoms with Crippen molar-refractivity contribution in [3.05, 3.63) is 45.7 Å². The average Bonchev–Trinajstić information content (AvgIpc) is 2.83. The third-order valence-corrected chi connectivity index (χ3v) is 6.51. The first kappa shape index (κ1) is 24.4. The number of aromatic amines is 1. The molecular weight excluding hydrogens is 450 g/mol. The first-order chi connectivity index (χ1) is 16.8. The van der Waals surface area contributed by atoms with Gasteiger partial charge in [0, 0.05) is 25.2 Å². The lowest BCUT2D eigenvalue weighted by Crippen LogP contribution is -2.41. The standard InChI is InChI=1S/C25H31N5O5/c1-4-35-24(34)16-9-11-30(12-10-16)25-28-21-20(23(33)29-25)18(13-19(31)27-21)22(32)26-17-7-5-15(6-8-17)14(2)3/h5-8,14,16,18H,4,9-13H2,1-3H3,(H,26,32)(H2,27,28,29,31,33)/t18-/m0/s1. The summed E-state index contributed by atoms with van der Waals surface area (Å²) in [6.45, 7) is 7.31. The maximum atomic E-state index is 13.1. The number of esters is 1. The summed E-state index contributed by atoms with van der Waals surface area (Å²) in [6, 6.07) is 7.49. The van der Waals surface area contributed by atoms with E-state index in [-0.39, 0.29) is 35.6 Å². The number of benzene rings is 1. The summed E-state index contributed by atoms with van der Waals surface area (Å²) in [5.41, 5.74) is 1.42. The highest BCUT2D eigenvalue weighted by Gasteiger charge is 2.36. The maximum Gasteiger partial charge on any atom is 0.309 e. The van der Waals surface area contributed by atoms with E-state index in [2.05, 4.69) is 34.4 Å². The molecule has 35 heavy (non-hydrogen) atoms. The molecule has 3 heterocycles. The van der Waals surface area contributed by atoms with Crippen LogP contribution in [0.2, 0.25) is 0 Å². The number of hydrogen-bond acceptors (Lipinski definition) is 7. The van der Waals surface area contributed by atoms with Crippen molar-refractivity contribution in [2.45, 2.75) is 51.9 Å². The number of nitrogens with zero attached hydrogens (tertiary/aromatic N) is 2. The summed E-state index contributed by atoms with van der Waals surface area (Å²) in [6.07, 6.45) is 1.01. The van der Waals surface area contributed by atoms with Gasteiger partial charge in [-0.3, -0.25) is 24.2 Å². The van der Waals surface area contributed by atoms with E-state index >= 15 is 0 Å². The number of amides is 2. The van der Waals surface area contributed by atoms with E-state index in [1.807, 2.05) is 29.2 Å². The Bertz CT molecular complexity index is 1170. The van der Waals surface area contributed by atoms with Gasteiger partial charge in [-0.2, -0.15) is 4.98 Å². The Labute approximate surface area is 203 Å². The average molecular weight is 482 g/mol. The summed E-state index contributed by atoms with van der Waals surface area (Å²) in [4.78, 5) is 59.6. The number of carbonyl (C=O) groups is 3. The van der Waals surface area contributed by atoms with Gasteiger partial charge in [0.15, 0.2) is 0 Å². The number of anilines is 3. The lowest BCUT2D eigenvalue weighted by atomic mass is 9.92. The second-order valence-corrected chi connectivity index (χ2v) is 9.24. The number of rotatable bonds is 6. The molecule has 0 aliphatic carbocycles. The molecule has 0 radical (unpaired) electrons. The molecule has 186 valence electrons. The van der Waals surface area contributed by atoms with Crippen molar-refractivity contribution in [2.75, 3.05) is 35.2 Å². The van der Waals surface area contributed by atoms with E-state index in [1.165, 1.54) is 0 Å². The SMILES string of the molecule is CCOC(=O)C1CCN(c2nc3c(c(=O)[nH]2)[C@@H](C(=O)Nc2ccc(C(C)C)cc2)CC(=O)N3)CC1. The molecule has 10 nitrogen and oxygen atoms in total. The van der Waals surface area contributed by atoms with Gasteiger partial charge in [-0.25, -0.2) is 0 Å². The van der Waals surface area contributed by atoms with Gasteiger partial charge in [0.1, 0.15) is 5.82 Å². The highest BCUT2D eigenvalue weighted by atomic mass is 16.5. The molecule has 10 heteroatoms. The molecule has 0 bridgehead atoms. The number of fused-ring (bicyclic) bond motifs is 1. The van der Waals surface area contributed by atoms with Crippen molar-refractivity contribution in [3.8, 4) is 0 Å². The Balaban J connectivity index is 1.51. The largest absolute Gasteiger partial charge is 0.466 e. The Morgan fingerprint density at radius 1 is 1.17 bits per heavy atom. The van der Waals surface area contributed by atoms with Crippen molar-refractivity contribution in [1.82, 2.24) is 9.97 Å². The Hall–Kier alpha value is -3.69. The number of H-pyrrole nitrogens is 1. The van der Waals surface area contributed by atoms with E-state index in [9.17, 15) is 19.2 Å². The summed E-state index contributed by atoms with van der Waals surface area (Å²) in [5, 5.41) is 5.46. The van der Waals surface area contributed by atoms with Crippen LogP contribution in [0.3, 0.4) is 0 Å². The quantitative estimate of drug-likeness (QED) is 0.540. The Morgan fingerprint density at radius 2 is 1.86 bits per heavy atom. The molecular formula is C25H31N5O5. The van der Waals surface area contributed by atoms with Crippen LogP contribution in [-0.4, -0.2) is 47.4 Å². The summed E-state index contributed by atoms with van der Waals surface area (Å²) in [7, 11) is 0. The highest BCUT2D eigenvalue weighted by molar-refractivity contribution is 6.04. The van der Waals surface area contributed by atoms with Crippen molar-refractivity contribution >= 4 is 35.2 Å². The minimum absolute atomic E-state index is 0.0998. The fraction of sp³-hybridized carbons (Fsp3) is 0.480. The van der Waals surface area contributed by atoms with Crippen LogP contribution in [0.5, 0.6) is 0 Å². The fourth-order valence-electron chi connectivity index (χ4n) is 4.50. The summed E-state index contributed by atoms with van der Waals surface area (Å²) >= 11 is 0. The van der Waals surface area contributed by atoms with Crippen LogP contribution < -0.4 is 21.1 Å². The normalized spacial score (nSPS) is 18.1. The minimum atomic E-state index is -0.955. The summed E-state index contributed by atoms with van der Waals surface area (Å²) < 4.78 is 5.10. The molecule has 1 aromatic heterocycles. The van der Waals surface area contributed by atoms with Gasteiger partial charge in [-0.05, 0) is 43.4 Å². The zero-order valence-corrected chi connectivity index (χ0v) is 20.2. The van der Waals surface area contributed by atoms with Gasteiger partial charge in [0.2, 0.25) is 17.8 Å². The van der Waals surface area contributed by atoms with Crippen LogP contribution >= 0.6 is 0 Å². The van der Waals surface area contributed by atoms with Gasteiger partial charge in [0.25, 0.3) is 5.56 Å².